The highest BCUT2D eigenvalue weighted by atomic mass is 16.6. The van der Waals surface area contributed by atoms with Crippen molar-refractivity contribution in [2.75, 3.05) is 58.9 Å². The number of aromatic amines is 1. The Kier molecular flexibility index (Phi) is 13.6. The van der Waals surface area contributed by atoms with Gasteiger partial charge in [0.2, 0.25) is 5.91 Å². The number of fused-ring (bicyclic) bond motifs is 6. The molecule has 1 saturated carbocycles. The Bertz CT molecular complexity index is 2630. The predicted molar refractivity (Wildman–Crippen MR) is 257 cm³/mol. The third-order valence-corrected chi connectivity index (χ3v) is 16.2. The minimum atomic E-state index is -2.27. The van der Waals surface area contributed by atoms with Crippen LogP contribution in [0, 0.1) is 17.3 Å². The summed E-state index contributed by atoms with van der Waals surface area (Å²) in [6.45, 7) is 13.1. The van der Waals surface area contributed by atoms with E-state index in [1.807, 2.05) is 33.0 Å². The summed E-state index contributed by atoms with van der Waals surface area (Å²) < 4.78 is 18.8. The Hall–Kier alpha value is -5.79. The van der Waals surface area contributed by atoms with Crippen LogP contribution in [0.4, 0.5) is 5.69 Å². The minimum absolute atomic E-state index is 0.0472. The molecule has 5 aliphatic heterocycles. The van der Waals surface area contributed by atoms with E-state index in [4.69, 9.17) is 34.6 Å². The van der Waals surface area contributed by atoms with E-state index in [1.54, 1.807) is 7.11 Å². The van der Waals surface area contributed by atoms with Crippen molar-refractivity contribution in [1.29, 1.82) is 0 Å². The van der Waals surface area contributed by atoms with Crippen molar-refractivity contribution in [2.45, 2.75) is 114 Å². The number of carboxylic acid groups (broad SMARTS) is 2. The highest BCUT2D eigenvalue weighted by molar-refractivity contribution is 5.94. The number of aliphatic carboxylic acids is 2. The number of para-hydroxylation sites is 1. The van der Waals surface area contributed by atoms with Gasteiger partial charge in [-0.2, -0.15) is 0 Å². The number of aromatic nitrogens is 1. The van der Waals surface area contributed by atoms with Crippen LogP contribution < -0.4 is 15.0 Å². The van der Waals surface area contributed by atoms with Crippen LogP contribution in [0.5, 0.6) is 5.75 Å². The fraction of sp³-hybridized carbons (Fsp3) is 0.558. The summed E-state index contributed by atoms with van der Waals surface area (Å²) in [7, 11) is 5.13. The topological polar surface area (TPSA) is 252 Å². The van der Waals surface area contributed by atoms with E-state index < -0.39 is 64.1 Å². The SMILES string of the molecule is CCC1=C[C@@H]2CN(C1)Cc1c([nH]c3ccccc13)[C@@](C(=O)OC)(c1cc3c(cc1OC)N(C)[C@H]1[C@@](O)(CNC(=O)C(C)C)[C@H](OC(C)=O)[C@]4(CC)C=CCN5CC[C@]31[C@@H]54)C2.O=C(O)C(O)C(O)C(=O)O. The molecular weight excluding hydrogens is 903 g/mol. The lowest BCUT2D eigenvalue weighted by molar-refractivity contribution is -0.217. The van der Waals surface area contributed by atoms with Gasteiger partial charge in [0, 0.05) is 96.9 Å². The first kappa shape index (κ1) is 50.6. The van der Waals surface area contributed by atoms with Gasteiger partial charge in [0.1, 0.15) is 22.9 Å². The van der Waals surface area contributed by atoms with Gasteiger partial charge in [-0.3, -0.25) is 24.2 Å². The van der Waals surface area contributed by atoms with E-state index in [1.165, 1.54) is 19.6 Å². The average Bonchev–Trinajstić information content (AvgIpc) is 3.99. The number of nitrogens with zero attached hydrogens (tertiary/aromatic N) is 3. The third kappa shape index (κ3) is 7.68. The second-order valence-corrected chi connectivity index (χ2v) is 20.3. The van der Waals surface area contributed by atoms with Crippen LogP contribution in [0.25, 0.3) is 10.9 Å². The molecule has 2 bridgehead atoms. The zero-order chi connectivity index (χ0) is 50.8. The second-order valence-electron chi connectivity index (χ2n) is 20.3. The first-order valence-electron chi connectivity index (χ1n) is 24.2. The van der Waals surface area contributed by atoms with E-state index >= 15 is 4.79 Å². The van der Waals surface area contributed by atoms with E-state index in [0.717, 1.165) is 65.0 Å². The van der Waals surface area contributed by atoms with Gasteiger partial charge >= 0.3 is 23.9 Å². The molecule has 6 aliphatic rings. The molecule has 1 aliphatic carbocycles. The van der Waals surface area contributed by atoms with Gasteiger partial charge in [-0.05, 0) is 61.4 Å². The molecule has 18 nitrogen and oxygen atoms in total. The Morgan fingerprint density at radius 1 is 0.971 bits per heavy atom. The zero-order valence-electron chi connectivity index (χ0n) is 41.2. The van der Waals surface area contributed by atoms with Crippen molar-refractivity contribution in [3.05, 3.63) is 82.6 Å². The van der Waals surface area contributed by atoms with Crippen molar-refractivity contribution in [3.63, 3.8) is 0 Å². The molecule has 3 unspecified atom stereocenters. The van der Waals surface area contributed by atoms with E-state index in [9.17, 15) is 24.3 Å². The van der Waals surface area contributed by atoms with Crippen molar-refractivity contribution in [1.82, 2.24) is 20.1 Å². The van der Waals surface area contributed by atoms with Gasteiger partial charge < -0.3 is 54.9 Å². The van der Waals surface area contributed by atoms with E-state index in [-0.39, 0.29) is 36.3 Å². The molecule has 18 heteroatoms. The van der Waals surface area contributed by atoms with E-state index in [0.29, 0.717) is 38.1 Å². The minimum Gasteiger partial charge on any atom is -0.496 e. The van der Waals surface area contributed by atoms with Crippen molar-refractivity contribution < 1.29 is 63.7 Å². The summed E-state index contributed by atoms with van der Waals surface area (Å²) in [4.78, 5) is 72.3. The maximum absolute atomic E-state index is 15.3. The smallest absolute Gasteiger partial charge is 0.335 e. The summed E-state index contributed by atoms with van der Waals surface area (Å²) in [6, 6.07) is 11.7. The molecule has 2 fully saturated rings. The number of rotatable bonds is 12. The molecule has 70 heavy (non-hydrogen) atoms. The Morgan fingerprint density at radius 3 is 2.29 bits per heavy atom. The number of carbonyl (C=O) groups excluding carboxylic acids is 3. The molecule has 0 radical (unpaired) electrons. The van der Waals surface area contributed by atoms with Crippen LogP contribution in [0.2, 0.25) is 0 Å². The van der Waals surface area contributed by atoms with Crippen molar-refractivity contribution in [3.8, 4) is 5.75 Å². The van der Waals surface area contributed by atoms with Crippen LogP contribution >= 0.6 is 0 Å². The van der Waals surface area contributed by atoms with Crippen LogP contribution in [0.15, 0.2) is 60.2 Å². The molecule has 1 spiro atoms. The number of amides is 1. The van der Waals surface area contributed by atoms with E-state index in [2.05, 4.69) is 81.3 Å². The summed E-state index contributed by atoms with van der Waals surface area (Å²) in [6.07, 6.45) is 3.85. The molecule has 11 atom stereocenters. The molecule has 9 rings (SSSR count). The molecular formula is C52H67N5O13. The molecule has 3 aromatic rings. The fourth-order valence-corrected chi connectivity index (χ4v) is 13.5. The van der Waals surface area contributed by atoms with Gasteiger partial charge in [-0.15, -0.1) is 0 Å². The third-order valence-electron chi connectivity index (χ3n) is 16.2. The van der Waals surface area contributed by atoms with Crippen LogP contribution in [-0.2, 0) is 50.8 Å². The van der Waals surface area contributed by atoms with Crippen LogP contribution in [0.1, 0.15) is 82.7 Å². The van der Waals surface area contributed by atoms with Gasteiger partial charge in [0.05, 0.1) is 26.8 Å². The number of ether oxygens (including phenoxy) is 3. The normalized spacial score (nSPS) is 31.3. The molecule has 2 aromatic carbocycles. The standard InChI is InChI=1S/C48H61N5O7.C4H6O6/c1-9-30-20-31-23-47(44(56)59-8,39-33(26-52(24-30)25-31)32-14-11-12-15-36(32)50-39)35-21-34-37(22-38(35)58-7)51(6)42-46(34)17-19-53-18-13-16-45(10-2,41(46)53)43(60-29(5)54)48(42,57)27-49-40(55)28(3)4;5-1(3(7)8)2(6)4(9)10/h11-16,20-22,28,31,41-43,50,57H,9-10,17-19,23-27H2,1-8H3,(H,49,55);1-2,5-6H,(H,7,8)(H,9,10)/t31-,41-,42+,43+,45+,46+,47-,48-;/m0./s1. The highest BCUT2D eigenvalue weighted by Crippen LogP contribution is 2.68. The molecule has 1 amide bonds. The Morgan fingerprint density at radius 2 is 1.67 bits per heavy atom. The molecule has 1 aromatic heterocycles. The average molecular weight is 970 g/mol. The number of benzene rings is 2. The van der Waals surface area contributed by atoms with Gasteiger partial charge in [0.25, 0.3) is 0 Å². The number of aliphatic hydroxyl groups excluding tert-OH is 2. The molecule has 378 valence electrons. The number of carboxylic acids is 2. The highest BCUT2D eigenvalue weighted by Gasteiger charge is 2.78. The maximum Gasteiger partial charge on any atom is 0.335 e. The Balaban J connectivity index is 0.000000595. The Labute approximate surface area is 407 Å². The number of hydrogen-bond acceptors (Lipinski definition) is 14. The summed E-state index contributed by atoms with van der Waals surface area (Å²) >= 11 is 0. The number of methoxy groups -OCH3 is 2. The first-order valence-corrected chi connectivity index (χ1v) is 24.2. The lowest BCUT2D eigenvalue weighted by atomic mass is 9.47. The number of H-pyrrole nitrogens is 1. The monoisotopic (exact) mass is 969 g/mol. The van der Waals surface area contributed by atoms with Gasteiger partial charge in [0.15, 0.2) is 12.2 Å². The quantitative estimate of drug-likeness (QED) is 0.102. The largest absolute Gasteiger partial charge is 0.496 e. The van der Waals surface area contributed by atoms with Crippen molar-refractivity contribution >= 4 is 46.4 Å². The summed E-state index contributed by atoms with van der Waals surface area (Å²) in [5, 5.41) is 50.4. The lowest BCUT2D eigenvalue weighted by Gasteiger charge is -2.64. The number of likely N-dealkylation sites (N-methyl/N-ethyl adjacent to an activating group) is 1. The van der Waals surface area contributed by atoms with Gasteiger partial charge in [-0.1, -0.05) is 69.7 Å². The molecule has 7 N–H and O–H groups in total. The molecule has 1 saturated heterocycles. The number of esters is 2. The maximum atomic E-state index is 15.3. The number of carbonyl (C=O) groups is 5. The first-order chi connectivity index (χ1) is 33.2. The van der Waals surface area contributed by atoms with Crippen LogP contribution in [-0.4, -0.2) is 160 Å². The van der Waals surface area contributed by atoms with Crippen LogP contribution in [0.3, 0.4) is 0 Å². The van der Waals surface area contributed by atoms with Crippen molar-refractivity contribution in [2.24, 2.45) is 17.3 Å². The number of anilines is 1. The lowest BCUT2D eigenvalue weighted by Crippen LogP contribution is -2.81. The number of nitrogens with one attached hydrogen (secondary N) is 2. The predicted octanol–water partition coefficient (Wildman–Crippen LogP) is 3.23. The summed E-state index contributed by atoms with van der Waals surface area (Å²) in [5.74, 6) is -4.30. The summed E-state index contributed by atoms with van der Waals surface area (Å²) in [5.41, 5.74) is 2.25. The van der Waals surface area contributed by atoms with Gasteiger partial charge in [-0.25, -0.2) is 9.59 Å². The zero-order valence-corrected chi connectivity index (χ0v) is 41.2. The molecule has 6 heterocycles. The second kappa shape index (κ2) is 18.8. The number of aliphatic hydroxyl groups is 3. The number of hydrogen-bond donors (Lipinski definition) is 7. The fourth-order valence-electron chi connectivity index (χ4n) is 13.5.